The van der Waals surface area contributed by atoms with E-state index in [9.17, 15) is 4.79 Å². The van der Waals surface area contributed by atoms with Gasteiger partial charge in [-0.3, -0.25) is 4.79 Å². The molecule has 1 heterocycles. The number of rotatable bonds is 3. The van der Waals surface area contributed by atoms with Crippen LogP contribution in [0.2, 0.25) is 5.02 Å². The van der Waals surface area contributed by atoms with Gasteiger partial charge in [-0.05, 0) is 48.9 Å². The van der Waals surface area contributed by atoms with E-state index in [-0.39, 0.29) is 11.5 Å². The molecule has 0 spiro atoms. The molecule has 4 aromatic rings. The molecule has 0 aliphatic carbocycles. The van der Waals surface area contributed by atoms with Crippen molar-refractivity contribution in [2.24, 2.45) is 4.99 Å². The lowest BCUT2D eigenvalue weighted by Crippen LogP contribution is -2.21. The summed E-state index contributed by atoms with van der Waals surface area (Å²) in [6.45, 7) is 1.88. The van der Waals surface area contributed by atoms with Crippen LogP contribution in [0.15, 0.2) is 88.3 Å². The Balaban J connectivity index is 1.89. The number of anilines is 1. The van der Waals surface area contributed by atoms with Crippen LogP contribution in [-0.4, -0.2) is 5.91 Å². The van der Waals surface area contributed by atoms with Gasteiger partial charge in [0.05, 0.1) is 5.69 Å². The molecule has 0 saturated carbocycles. The van der Waals surface area contributed by atoms with Crippen LogP contribution in [0.5, 0.6) is 0 Å². The van der Waals surface area contributed by atoms with E-state index in [1.807, 2.05) is 73.7 Å². The van der Waals surface area contributed by atoms with Crippen molar-refractivity contribution in [3.8, 4) is 0 Å². The summed E-state index contributed by atoms with van der Waals surface area (Å²) in [6, 6.07) is 24.0. The average molecular weight is 389 g/mol. The van der Waals surface area contributed by atoms with Crippen LogP contribution in [0.3, 0.4) is 0 Å². The van der Waals surface area contributed by atoms with Crippen molar-refractivity contribution in [1.82, 2.24) is 0 Å². The molecule has 1 N–H and O–H groups in total. The molecule has 0 unspecified atom stereocenters. The van der Waals surface area contributed by atoms with E-state index in [0.29, 0.717) is 27.5 Å². The van der Waals surface area contributed by atoms with Gasteiger partial charge >= 0.3 is 0 Å². The highest BCUT2D eigenvalue weighted by Gasteiger charge is 2.13. The summed E-state index contributed by atoms with van der Waals surface area (Å²) in [6.07, 6.45) is 0. The minimum absolute atomic E-state index is 0.234. The molecule has 138 valence electrons. The number of benzene rings is 3. The van der Waals surface area contributed by atoms with E-state index in [0.717, 1.165) is 10.9 Å². The van der Waals surface area contributed by atoms with Crippen LogP contribution >= 0.6 is 11.6 Å². The lowest BCUT2D eigenvalue weighted by atomic mass is 10.1. The number of nitrogens with one attached hydrogen (secondary N) is 1. The number of carbonyl (C=O) groups excluding carboxylic acids is 1. The van der Waals surface area contributed by atoms with Gasteiger partial charge in [0.1, 0.15) is 11.1 Å². The highest BCUT2D eigenvalue weighted by atomic mass is 35.5. The Kier molecular flexibility index (Phi) is 4.96. The van der Waals surface area contributed by atoms with Gasteiger partial charge in [-0.25, -0.2) is 4.99 Å². The van der Waals surface area contributed by atoms with E-state index in [4.69, 9.17) is 16.0 Å². The van der Waals surface area contributed by atoms with Crippen LogP contribution in [0.25, 0.3) is 11.0 Å². The molecule has 0 radical (unpaired) electrons. The molecule has 28 heavy (non-hydrogen) atoms. The van der Waals surface area contributed by atoms with Gasteiger partial charge < -0.3 is 9.73 Å². The first-order valence-corrected chi connectivity index (χ1v) is 9.19. The molecule has 0 atom stereocenters. The first-order valence-electron chi connectivity index (χ1n) is 8.81. The van der Waals surface area contributed by atoms with Gasteiger partial charge in [0, 0.05) is 16.1 Å². The Morgan fingerprint density at radius 2 is 1.71 bits per heavy atom. The van der Waals surface area contributed by atoms with E-state index in [2.05, 4.69) is 10.3 Å². The largest absolute Gasteiger partial charge is 0.438 e. The predicted octanol–water partition coefficient (Wildman–Crippen LogP) is 5.88. The first kappa shape index (κ1) is 18.0. The Labute approximate surface area is 167 Å². The fourth-order valence-electron chi connectivity index (χ4n) is 2.86. The molecule has 4 rings (SSSR count). The van der Waals surface area contributed by atoms with Gasteiger partial charge in [-0.2, -0.15) is 0 Å². The van der Waals surface area contributed by atoms with Crippen molar-refractivity contribution in [2.75, 3.05) is 5.32 Å². The molecule has 1 aromatic heterocycles. The van der Waals surface area contributed by atoms with E-state index in [1.54, 1.807) is 12.1 Å². The maximum absolute atomic E-state index is 13.0. The fourth-order valence-corrected chi connectivity index (χ4v) is 3.03. The zero-order valence-electron chi connectivity index (χ0n) is 15.1. The van der Waals surface area contributed by atoms with Crippen LogP contribution < -0.4 is 10.9 Å². The number of nitrogens with zero attached hydrogens (tertiary/aromatic N) is 1. The van der Waals surface area contributed by atoms with Gasteiger partial charge in [-0.1, -0.05) is 54.1 Å². The molecule has 0 bridgehead atoms. The SMILES string of the molecule is Cc1c(Cl)cccc1N=c1oc2ccccc2cc1C(=O)Nc1ccccc1. The lowest BCUT2D eigenvalue weighted by Gasteiger charge is -2.07. The number of fused-ring (bicyclic) bond motifs is 1. The smallest absolute Gasteiger partial charge is 0.261 e. The van der Waals surface area contributed by atoms with E-state index >= 15 is 0 Å². The molecule has 4 nitrogen and oxygen atoms in total. The second kappa shape index (κ2) is 7.71. The van der Waals surface area contributed by atoms with Crippen LogP contribution in [-0.2, 0) is 0 Å². The normalized spacial score (nSPS) is 11.6. The summed E-state index contributed by atoms with van der Waals surface area (Å²) in [5.41, 5.74) is 3.41. The van der Waals surface area contributed by atoms with E-state index < -0.39 is 0 Å². The van der Waals surface area contributed by atoms with Crippen molar-refractivity contribution in [3.63, 3.8) is 0 Å². The van der Waals surface area contributed by atoms with Crippen molar-refractivity contribution in [1.29, 1.82) is 0 Å². The topological polar surface area (TPSA) is 54.6 Å². The van der Waals surface area contributed by atoms with Crippen molar-refractivity contribution < 1.29 is 9.21 Å². The van der Waals surface area contributed by atoms with Crippen LogP contribution in [0.1, 0.15) is 15.9 Å². The summed E-state index contributed by atoms with van der Waals surface area (Å²) in [5, 5.41) is 4.32. The quantitative estimate of drug-likeness (QED) is 0.476. The monoisotopic (exact) mass is 388 g/mol. The molecule has 0 aliphatic heterocycles. The van der Waals surface area contributed by atoms with Gasteiger partial charge in [0.15, 0.2) is 0 Å². The Bertz CT molecular complexity index is 1230. The highest BCUT2D eigenvalue weighted by molar-refractivity contribution is 6.31. The molecule has 5 heteroatoms. The van der Waals surface area contributed by atoms with Gasteiger partial charge in [0.25, 0.3) is 5.91 Å². The second-order valence-corrected chi connectivity index (χ2v) is 6.73. The molecular formula is C23H17ClN2O2. The summed E-state index contributed by atoms with van der Waals surface area (Å²) < 4.78 is 5.98. The van der Waals surface area contributed by atoms with E-state index in [1.165, 1.54) is 0 Å². The predicted molar refractivity (Wildman–Crippen MR) is 112 cm³/mol. The van der Waals surface area contributed by atoms with Crippen LogP contribution in [0.4, 0.5) is 11.4 Å². The highest BCUT2D eigenvalue weighted by Crippen LogP contribution is 2.25. The summed E-state index contributed by atoms with van der Waals surface area (Å²) in [7, 11) is 0. The van der Waals surface area contributed by atoms with Crippen molar-refractivity contribution in [3.05, 3.63) is 101 Å². The standard InChI is InChI=1S/C23H17ClN2O2/c1-15-19(24)11-7-12-20(15)26-23-18(14-16-8-5-6-13-21(16)28-23)22(27)25-17-9-3-2-4-10-17/h2-14H,1H3,(H,25,27). The number of halogens is 1. The number of carbonyl (C=O) groups is 1. The Morgan fingerprint density at radius 3 is 2.54 bits per heavy atom. The number of para-hydroxylation sites is 2. The maximum Gasteiger partial charge on any atom is 0.261 e. The lowest BCUT2D eigenvalue weighted by molar-refractivity contribution is 0.102. The molecule has 1 amide bonds. The summed E-state index contributed by atoms with van der Waals surface area (Å²) >= 11 is 6.21. The van der Waals surface area contributed by atoms with Gasteiger partial charge in [0.2, 0.25) is 5.55 Å². The summed E-state index contributed by atoms with van der Waals surface area (Å²) in [5.74, 6) is -0.292. The number of hydrogen-bond donors (Lipinski definition) is 1. The zero-order valence-corrected chi connectivity index (χ0v) is 15.9. The third-order valence-corrected chi connectivity index (χ3v) is 4.80. The molecule has 0 aliphatic rings. The molecule has 3 aromatic carbocycles. The Morgan fingerprint density at radius 1 is 0.964 bits per heavy atom. The minimum atomic E-state index is -0.292. The number of hydrogen-bond acceptors (Lipinski definition) is 3. The third kappa shape index (κ3) is 3.68. The molecule has 0 fully saturated rings. The number of amides is 1. The minimum Gasteiger partial charge on any atom is -0.438 e. The second-order valence-electron chi connectivity index (χ2n) is 6.32. The molecular weight excluding hydrogens is 372 g/mol. The van der Waals surface area contributed by atoms with Gasteiger partial charge in [-0.15, -0.1) is 0 Å². The first-order chi connectivity index (χ1) is 13.6. The van der Waals surface area contributed by atoms with Crippen molar-refractivity contribution in [2.45, 2.75) is 6.92 Å². The fraction of sp³-hybridized carbons (Fsp3) is 0.0435. The third-order valence-electron chi connectivity index (χ3n) is 4.39. The zero-order chi connectivity index (χ0) is 19.5. The summed E-state index contributed by atoms with van der Waals surface area (Å²) in [4.78, 5) is 17.6. The maximum atomic E-state index is 13.0. The molecule has 0 saturated heterocycles. The average Bonchev–Trinajstić information content (AvgIpc) is 2.71. The van der Waals surface area contributed by atoms with Crippen molar-refractivity contribution >= 4 is 39.9 Å². The Hall–Kier alpha value is -3.37. The van der Waals surface area contributed by atoms with Crippen LogP contribution in [0, 0.1) is 6.92 Å².